The van der Waals surface area contributed by atoms with Gasteiger partial charge in [0.05, 0.1) is 61.0 Å². The average molecular weight is 2110 g/mol. The lowest BCUT2D eigenvalue weighted by Crippen LogP contribution is -2.41. The number of hydrogen-bond acceptors (Lipinski definition) is 42. The number of Topliss-reactive ketones (excluding diaryl/α,β-unsaturated/α-hetero) is 2. The second kappa shape index (κ2) is 60.3. The van der Waals surface area contributed by atoms with Crippen LogP contribution in [0.3, 0.4) is 0 Å². The van der Waals surface area contributed by atoms with Gasteiger partial charge in [0.2, 0.25) is 73.2 Å². The molecule has 1 aliphatic carbocycles. The van der Waals surface area contributed by atoms with Gasteiger partial charge in [-0.15, -0.1) is 0 Å². The van der Waals surface area contributed by atoms with Crippen LogP contribution < -0.4 is 104 Å². The molecule has 1 saturated carbocycles. The third-order valence-corrected chi connectivity index (χ3v) is 25.1. The van der Waals surface area contributed by atoms with Gasteiger partial charge in [-0.25, -0.2) is 58.1 Å². The number of aromatic nitrogens is 2. The number of amides is 16. The van der Waals surface area contributed by atoms with E-state index in [-0.39, 0.29) is 131 Å². The van der Waals surface area contributed by atoms with Crippen LogP contribution >= 0.6 is 35.2 Å². The molecule has 0 bridgehead atoms. The molecule has 0 aromatic carbocycles. The molecule has 15 aliphatic heterocycles. The van der Waals surface area contributed by atoms with Crippen LogP contribution in [0.25, 0.3) is 0 Å². The highest BCUT2D eigenvalue weighted by Crippen LogP contribution is 2.11. The Balaban J connectivity index is 0.000000700. The predicted molar refractivity (Wildman–Crippen MR) is 459 cm³/mol. The van der Waals surface area contributed by atoms with Crippen molar-refractivity contribution in [1.29, 1.82) is 0 Å². The Labute approximate surface area is 766 Å². The lowest BCUT2D eigenvalue weighted by molar-refractivity contribution is -0.126. The summed E-state index contributed by atoms with van der Waals surface area (Å²) in [6.07, 6.45) is 11.7. The first-order valence-electron chi connectivity index (χ1n) is 35.7. The molecule has 0 spiro atoms. The van der Waals surface area contributed by atoms with E-state index in [9.17, 15) is 163 Å². The van der Waals surface area contributed by atoms with Crippen molar-refractivity contribution in [3.05, 3.63) is 116 Å². The number of allylic oxidation sites excluding steroid dienone is 1. The molecule has 18 rings (SSSR count). The molecule has 2 aromatic rings. The predicted octanol–water partition coefficient (Wildman–Crippen LogP) is -10.8. The summed E-state index contributed by atoms with van der Waals surface area (Å²) in [5.41, 5.74) is 3.68. The molecule has 16 aliphatic rings. The molecule has 2 unspecified atom stereocenters. The number of thioether (sulfide) groups is 1. The minimum atomic E-state index is -3.45. The van der Waals surface area contributed by atoms with Gasteiger partial charge in [-0.1, -0.05) is 43.0 Å². The van der Waals surface area contributed by atoms with Crippen LogP contribution in [-0.2, 0) is 179 Å². The van der Waals surface area contributed by atoms with Gasteiger partial charge in [0.1, 0.15) is 39.8 Å². The van der Waals surface area contributed by atoms with Gasteiger partial charge in [0.15, 0.2) is 6.61 Å². The van der Waals surface area contributed by atoms with Crippen molar-refractivity contribution < 1.29 is 168 Å². The SMILES string of the molecule is C=C1CCCS(=O)(=O)N1.C=C1CCNS(=O)(=O)N1.C=C1CCNS(=O)(=O)N1.O=C1C=CC(=O)N1.O=C1C=CS(=O)(=O)N1.O=C1C=CS(=O)N1.O=C1CCC(=O)C1.O=C1CCC(=O)N1.O=C1CCON1.O=C1CCS(=O)(=O)N1.O=C1CCS(=O)N1.O=C1CCSN1.O=C1CNS(=O)(=O)N1.O=C1CNS(=O)(=O)N1.O=C1COC(=O)N1.O=C1CSC(=O)N1.O=c1cco[nH]1.O=c1ccs[nH]1. The number of ketones is 2. The van der Waals surface area contributed by atoms with Gasteiger partial charge in [-0.3, -0.25) is 150 Å². The Morgan fingerprint density at radius 3 is 1.14 bits per heavy atom. The Morgan fingerprint density at radius 1 is 0.432 bits per heavy atom. The maximum Gasteiger partial charge on any atom is 0.414 e. The number of carbonyl (C=O) groups is 18. The van der Waals surface area contributed by atoms with E-state index in [1.54, 1.807) is 19.5 Å². The fraction of sp³-hybridized carbons (Fsp3) is 0.400. The van der Waals surface area contributed by atoms with Crippen molar-refractivity contribution in [2.45, 2.75) is 83.5 Å². The smallest absolute Gasteiger partial charge is 0.414 e. The summed E-state index contributed by atoms with van der Waals surface area (Å²) in [6, 6.07) is 2.80. The number of sulfonamides is 3. The minimum Gasteiger partial charge on any atom is -0.439 e. The molecule has 0 radical (unpaired) electrons. The molecular formula is C60H85N21O39S12. The fourth-order valence-electron chi connectivity index (χ4n) is 7.63. The van der Waals surface area contributed by atoms with Crippen molar-refractivity contribution in [3.63, 3.8) is 0 Å². The van der Waals surface area contributed by atoms with E-state index < -0.39 is 123 Å². The number of aromatic amines is 2. The molecule has 2 atom stereocenters. The number of rotatable bonds is 0. The molecule has 132 heavy (non-hydrogen) atoms. The van der Waals surface area contributed by atoms with Crippen LogP contribution in [0.2, 0.25) is 0 Å². The van der Waals surface area contributed by atoms with E-state index >= 15 is 0 Å². The van der Waals surface area contributed by atoms with Crippen LogP contribution in [0.4, 0.5) is 9.59 Å². The lowest BCUT2D eigenvalue weighted by atomic mass is 10.3. The highest BCUT2D eigenvalue weighted by Gasteiger charge is 2.26. The molecular weight excluding hydrogens is 2020 g/mol. The minimum absolute atomic E-state index is 0.0139. The number of alkyl carbamates (subject to hydrolysis) is 1. The Bertz CT molecular complexity index is 5080. The van der Waals surface area contributed by atoms with Crippen molar-refractivity contribution in [2.75, 3.05) is 68.2 Å². The normalized spacial score (nSPS) is 22.1. The van der Waals surface area contributed by atoms with Crippen LogP contribution in [0.5, 0.6) is 0 Å². The van der Waals surface area contributed by atoms with E-state index in [0.717, 1.165) is 35.4 Å². The third-order valence-electron chi connectivity index (χ3n) is 13.2. The highest BCUT2D eigenvalue weighted by atomic mass is 32.2. The number of ether oxygens (including phenoxy) is 1. The van der Waals surface area contributed by atoms with Gasteiger partial charge < -0.3 is 14.0 Å². The summed E-state index contributed by atoms with van der Waals surface area (Å²) in [6.45, 7) is 11.5. The van der Waals surface area contributed by atoms with E-state index in [1.165, 1.54) is 65.5 Å². The van der Waals surface area contributed by atoms with E-state index in [0.29, 0.717) is 113 Å². The molecule has 17 heterocycles. The monoisotopic (exact) mass is 2110 g/mol. The first-order valence-corrected chi connectivity index (χ1v) is 51.9. The maximum atomic E-state index is 10.7. The zero-order valence-corrected chi connectivity index (χ0v) is 77.5. The number of cyclic esters (lactones) is 1. The number of hydrogen-bond donors (Lipinski definition) is 21. The maximum absolute atomic E-state index is 10.7. The second-order valence-corrected chi connectivity index (χ2v) is 40.7. The Kier molecular flexibility index (Phi) is 54.0. The van der Waals surface area contributed by atoms with Gasteiger partial charge in [-0.2, -0.15) is 57.7 Å². The van der Waals surface area contributed by atoms with Gasteiger partial charge in [-0.05, 0) is 24.8 Å². The molecule has 72 heteroatoms. The van der Waals surface area contributed by atoms with Crippen LogP contribution in [0.15, 0.2) is 110 Å². The molecule has 736 valence electrons. The van der Waals surface area contributed by atoms with Crippen LogP contribution in [-0.4, -0.2) is 251 Å². The highest BCUT2D eigenvalue weighted by molar-refractivity contribution is 8.14. The molecule has 2 aromatic heterocycles. The van der Waals surface area contributed by atoms with Gasteiger partial charge >= 0.3 is 26.5 Å². The van der Waals surface area contributed by atoms with E-state index in [2.05, 4.69) is 97.3 Å². The molecule has 12 saturated heterocycles. The number of H-pyrrole nitrogens is 2. The van der Waals surface area contributed by atoms with Gasteiger partial charge in [0, 0.05) is 141 Å². The topological polar surface area (TPSA) is 906 Å². The Morgan fingerprint density at radius 2 is 0.985 bits per heavy atom. The average Bonchev–Trinajstić information content (AvgIpc) is 1.68. The third kappa shape index (κ3) is 64.1. The second-order valence-electron chi connectivity index (χ2n) is 24.5. The van der Waals surface area contributed by atoms with Crippen LogP contribution in [0, 0.1) is 0 Å². The standard InChI is InChI=1S/C5H9NO2S.C5H6O2.2C4H8N2O2S.C4H5NO2.C4H3NO2.C3H5NO3S.C3H3NO3S.C3H3NO3.C3H3NO2S.C3H5NO2S.C3H3NO2S.C3H5NO2.C3H3NO2.C3H5NOS.C3H3NOS.2C2H4N2O3S/c1-5-3-2-4-9(7,8)6-5;6-4-1-2-5(7)3-4;2*1-4-2-3-5-9(7,8)6-4;2*6-3-1-2-4(7)5-3;2*5-3-1-2-8(6,7)4-3;2*5-2-1-7-3(6)4-2;2*5-3-1-2-7(6)4-3;4*5-3-1-2-6-4-3;2*5-2-1-3-8(6,7)4-2/h6H,1-4H2;1-3H2;2*5-6H,1-3H2;1-2H2,(H,5,6,7);1-2H,(H,5,6,7);1-2H2,(H,4,5);1-2H,(H,4,5);2*1H2,(H,4,5,6);1-2H2,(H,4,5);1-2H,(H,4,5);1-2H2,(H,4,5);1-2H,(H,4,5);1-2H2,(H,4,5);1-2H,(H,4,5);2*3H,1H2,(H,4,5). The van der Waals surface area contributed by atoms with Gasteiger partial charge in [0.25, 0.3) is 76.3 Å². The molecule has 21 N–H and O–H groups in total. The summed E-state index contributed by atoms with van der Waals surface area (Å²) >= 11 is 3.79. The zero-order chi connectivity index (χ0) is 100. The van der Waals surface area contributed by atoms with Crippen molar-refractivity contribution in [1.82, 2.24) is 102 Å². The van der Waals surface area contributed by atoms with Crippen molar-refractivity contribution in [3.8, 4) is 0 Å². The van der Waals surface area contributed by atoms with E-state index in [1.807, 2.05) is 24.8 Å². The van der Waals surface area contributed by atoms with Crippen molar-refractivity contribution >= 4 is 234 Å². The quantitative estimate of drug-likeness (QED) is 0.0662. The lowest BCUT2D eigenvalue weighted by Gasteiger charge is -2.16. The van der Waals surface area contributed by atoms with Crippen molar-refractivity contribution in [2.24, 2.45) is 0 Å². The molecule has 13 fully saturated rings. The largest absolute Gasteiger partial charge is 0.439 e. The van der Waals surface area contributed by atoms with Crippen LogP contribution in [0.1, 0.15) is 83.5 Å². The Hall–Kier alpha value is -11.8. The molecule has 16 amide bonds. The number of nitrogens with one attached hydrogen (secondary N) is 21. The summed E-state index contributed by atoms with van der Waals surface area (Å²) in [4.78, 5) is 206. The molecule has 60 nitrogen and oxygen atoms in total. The first-order chi connectivity index (χ1) is 61.3. The zero-order valence-electron chi connectivity index (χ0n) is 67.7. The summed E-state index contributed by atoms with van der Waals surface area (Å²) in [7, 11) is -25.2. The van der Waals surface area contributed by atoms with E-state index in [4.69, 9.17) is 0 Å². The fourth-order valence-corrected chi connectivity index (χ4v) is 16.9. The first kappa shape index (κ1) is 118. The summed E-state index contributed by atoms with van der Waals surface area (Å²) < 4.78 is 206. The number of carbonyl (C=O) groups excluding carboxylic acids is 18. The summed E-state index contributed by atoms with van der Waals surface area (Å²) in [5.74, 6) is -1.62. The number of hydroxylamine groups is 1. The number of imide groups is 4. The summed E-state index contributed by atoms with van der Waals surface area (Å²) in [5, 5.41) is 13.9.